The molecule has 0 fully saturated rings. The molecule has 5 nitrogen and oxygen atoms in total. The van der Waals surface area contributed by atoms with Crippen LogP contribution in [0.5, 0.6) is 5.75 Å². The number of hydrogen-bond acceptors (Lipinski definition) is 5. The Kier molecular flexibility index (Phi) is 4.45. The van der Waals surface area contributed by atoms with Gasteiger partial charge in [0.05, 0.1) is 18.1 Å². The molecule has 2 aromatic heterocycles. The monoisotopic (exact) mass is 348 g/mol. The van der Waals surface area contributed by atoms with Gasteiger partial charge in [-0.05, 0) is 42.1 Å². The molecule has 0 amide bonds. The lowest BCUT2D eigenvalue weighted by atomic mass is 10.2. The van der Waals surface area contributed by atoms with Crippen LogP contribution in [0.25, 0.3) is 10.2 Å². The molecule has 118 valence electrons. The fourth-order valence-electron chi connectivity index (χ4n) is 2.17. The van der Waals surface area contributed by atoms with Gasteiger partial charge < -0.3 is 4.74 Å². The number of halogens is 1. The number of ether oxygens (including phenoxy) is 1. The molecule has 0 saturated carbocycles. The molecule has 0 aliphatic heterocycles. The van der Waals surface area contributed by atoms with Crippen LogP contribution in [0.2, 0.25) is 5.02 Å². The Labute approximate surface area is 141 Å². The standard InChI is InChI=1S/C16H13ClN2O3S/c1-10-8-11(17)2-3-13(10)22-14(20)4-6-19-9-18-15-12(16(19)21)5-7-23-15/h2-3,5,7-9H,4,6H2,1H3. The molecular formula is C16H13ClN2O3S. The number of benzene rings is 1. The van der Waals surface area contributed by atoms with Gasteiger partial charge in [0.2, 0.25) is 0 Å². The quantitative estimate of drug-likeness (QED) is 0.535. The Morgan fingerprint density at radius 1 is 1.39 bits per heavy atom. The highest BCUT2D eigenvalue weighted by molar-refractivity contribution is 7.16. The van der Waals surface area contributed by atoms with Crippen LogP contribution in [0.4, 0.5) is 0 Å². The van der Waals surface area contributed by atoms with Gasteiger partial charge in [0.15, 0.2) is 0 Å². The van der Waals surface area contributed by atoms with Crippen molar-refractivity contribution in [3.63, 3.8) is 0 Å². The third kappa shape index (κ3) is 3.43. The number of carbonyl (C=O) groups is 1. The third-order valence-corrected chi connectivity index (χ3v) is 4.42. The fourth-order valence-corrected chi connectivity index (χ4v) is 3.12. The molecule has 0 spiro atoms. The van der Waals surface area contributed by atoms with E-state index < -0.39 is 5.97 Å². The van der Waals surface area contributed by atoms with Crippen molar-refractivity contribution in [1.29, 1.82) is 0 Å². The summed E-state index contributed by atoms with van der Waals surface area (Å²) < 4.78 is 6.72. The minimum Gasteiger partial charge on any atom is -0.426 e. The third-order valence-electron chi connectivity index (χ3n) is 3.37. The number of esters is 1. The van der Waals surface area contributed by atoms with Crippen molar-refractivity contribution in [3.05, 3.63) is 56.9 Å². The topological polar surface area (TPSA) is 61.2 Å². The largest absolute Gasteiger partial charge is 0.426 e. The number of fused-ring (bicyclic) bond motifs is 1. The lowest BCUT2D eigenvalue weighted by Gasteiger charge is -2.08. The van der Waals surface area contributed by atoms with Gasteiger partial charge in [-0.15, -0.1) is 11.3 Å². The van der Waals surface area contributed by atoms with Gasteiger partial charge in [-0.2, -0.15) is 0 Å². The highest BCUT2D eigenvalue weighted by atomic mass is 35.5. The van der Waals surface area contributed by atoms with Gasteiger partial charge in [-0.3, -0.25) is 14.2 Å². The molecule has 1 aromatic carbocycles. The summed E-state index contributed by atoms with van der Waals surface area (Å²) in [6, 6.07) is 6.78. The number of carbonyl (C=O) groups excluding carboxylic acids is 1. The van der Waals surface area contributed by atoms with Crippen molar-refractivity contribution >= 4 is 39.1 Å². The number of aryl methyl sites for hydroxylation is 2. The molecule has 0 atom stereocenters. The van der Waals surface area contributed by atoms with Crippen molar-refractivity contribution in [2.75, 3.05) is 0 Å². The molecule has 23 heavy (non-hydrogen) atoms. The van der Waals surface area contributed by atoms with E-state index in [1.807, 2.05) is 12.3 Å². The second kappa shape index (κ2) is 6.52. The van der Waals surface area contributed by atoms with E-state index in [2.05, 4.69) is 4.98 Å². The maximum Gasteiger partial charge on any atom is 0.313 e. The number of nitrogens with zero attached hydrogens (tertiary/aromatic N) is 2. The summed E-state index contributed by atoms with van der Waals surface area (Å²) in [6.45, 7) is 2.04. The number of aromatic nitrogens is 2. The first-order valence-electron chi connectivity index (χ1n) is 6.94. The molecular weight excluding hydrogens is 336 g/mol. The van der Waals surface area contributed by atoms with Crippen LogP contribution in [0, 0.1) is 6.92 Å². The first-order chi connectivity index (χ1) is 11.0. The zero-order valence-electron chi connectivity index (χ0n) is 12.3. The van der Waals surface area contributed by atoms with E-state index >= 15 is 0 Å². The first-order valence-corrected chi connectivity index (χ1v) is 8.20. The van der Waals surface area contributed by atoms with Crippen molar-refractivity contribution in [3.8, 4) is 5.75 Å². The second-order valence-corrected chi connectivity index (χ2v) is 6.35. The van der Waals surface area contributed by atoms with Gasteiger partial charge >= 0.3 is 5.97 Å². The molecule has 0 aliphatic carbocycles. The lowest BCUT2D eigenvalue weighted by Crippen LogP contribution is -2.22. The predicted octanol–water partition coefficient (Wildman–Crippen LogP) is 3.42. The van der Waals surface area contributed by atoms with Crippen molar-refractivity contribution in [2.24, 2.45) is 0 Å². The molecule has 0 N–H and O–H groups in total. The summed E-state index contributed by atoms with van der Waals surface area (Å²) in [7, 11) is 0. The number of hydrogen-bond donors (Lipinski definition) is 0. The second-order valence-electron chi connectivity index (χ2n) is 5.02. The molecule has 3 aromatic rings. The van der Waals surface area contributed by atoms with Crippen molar-refractivity contribution < 1.29 is 9.53 Å². The maximum absolute atomic E-state index is 12.2. The predicted molar refractivity (Wildman–Crippen MR) is 90.3 cm³/mol. The SMILES string of the molecule is Cc1cc(Cl)ccc1OC(=O)CCn1cnc2sccc2c1=O. The summed E-state index contributed by atoms with van der Waals surface area (Å²) in [5, 5.41) is 2.98. The minimum atomic E-state index is -0.410. The minimum absolute atomic E-state index is 0.0826. The van der Waals surface area contributed by atoms with Gasteiger partial charge in [-0.1, -0.05) is 11.6 Å². The smallest absolute Gasteiger partial charge is 0.313 e. The van der Waals surface area contributed by atoms with E-state index in [0.717, 1.165) is 5.56 Å². The summed E-state index contributed by atoms with van der Waals surface area (Å²) in [6.07, 6.45) is 1.54. The molecule has 2 heterocycles. The van der Waals surface area contributed by atoms with Crippen LogP contribution in [0.1, 0.15) is 12.0 Å². The van der Waals surface area contributed by atoms with Crippen LogP contribution in [0.15, 0.2) is 40.8 Å². The molecule has 0 bridgehead atoms. The van der Waals surface area contributed by atoms with Crippen molar-refractivity contribution in [1.82, 2.24) is 9.55 Å². The number of rotatable bonds is 4. The van der Waals surface area contributed by atoms with Crippen LogP contribution in [-0.2, 0) is 11.3 Å². The maximum atomic E-state index is 12.2. The summed E-state index contributed by atoms with van der Waals surface area (Å²) in [5.41, 5.74) is 0.635. The molecule has 0 saturated heterocycles. The number of thiophene rings is 1. The Bertz CT molecular complexity index is 932. The zero-order chi connectivity index (χ0) is 16.4. The Morgan fingerprint density at radius 2 is 2.22 bits per heavy atom. The molecule has 7 heteroatoms. The van der Waals surface area contributed by atoms with E-state index in [1.165, 1.54) is 22.2 Å². The van der Waals surface area contributed by atoms with Gasteiger partial charge in [0.25, 0.3) is 5.56 Å². The van der Waals surface area contributed by atoms with E-state index in [4.69, 9.17) is 16.3 Å². The van der Waals surface area contributed by atoms with Crippen molar-refractivity contribution in [2.45, 2.75) is 19.9 Å². The van der Waals surface area contributed by atoms with Crippen LogP contribution < -0.4 is 10.3 Å². The zero-order valence-corrected chi connectivity index (χ0v) is 13.9. The fraction of sp³-hybridized carbons (Fsp3) is 0.188. The van der Waals surface area contributed by atoms with Crippen LogP contribution >= 0.6 is 22.9 Å². The van der Waals surface area contributed by atoms with E-state index in [0.29, 0.717) is 21.0 Å². The highest BCUT2D eigenvalue weighted by Gasteiger charge is 2.10. The molecule has 0 unspecified atom stereocenters. The Morgan fingerprint density at radius 3 is 3.00 bits per heavy atom. The van der Waals surface area contributed by atoms with Gasteiger partial charge in [0.1, 0.15) is 10.6 Å². The Hall–Kier alpha value is -2.18. The van der Waals surface area contributed by atoms with E-state index in [1.54, 1.807) is 24.3 Å². The average Bonchev–Trinajstić information content (AvgIpc) is 2.99. The molecule has 0 aliphatic rings. The van der Waals surface area contributed by atoms with E-state index in [-0.39, 0.29) is 18.5 Å². The average molecular weight is 349 g/mol. The first kappa shape index (κ1) is 15.7. The summed E-state index contributed by atoms with van der Waals surface area (Å²) in [4.78, 5) is 29.1. The van der Waals surface area contributed by atoms with Gasteiger partial charge in [0, 0.05) is 11.6 Å². The summed E-state index contributed by atoms with van der Waals surface area (Å²) in [5.74, 6) is 0.0610. The highest BCUT2D eigenvalue weighted by Crippen LogP contribution is 2.22. The normalized spacial score (nSPS) is 10.9. The van der Waals surface area contributed by atoms with Gasteiger partial charge in [-0.25, -0.2) is 4.98 Å². The van der Waals surface area contributed by atoms with Crippen LogP contribution in [0.3, 0.4) is 0 Å². The molecule has 3 rings (SSSR count). The summed E-state index contributed by atoms with van der Waals surface area (Å²) >= 11 is 7.28. The van der Waals surface area contributed by atoms with Crippen LogP contribution in [-0.4, -0.2) is 15.5 Å². The van der Waals surface area contributed by atoms with E-state index in [9.17, 15) is 9.59 Å². The molecule has 0 radical (unpaired) electrons. The Balaban J connectivity index is 1.68. The lowest BCUT2D eigenvalue weighted by molar-refractivity contribution is -0.134.